The maximum atomic E-state index is 12.2. The Morgan fingerprint density at radius 3 is 2.29 bits per heavy atom. The number of ether oxygens (including phenoxy) is 1. The second-order valence-electron chi connectivity index (χ2n) is 8.26. The van der Waals surface area contributed by atoms with Crippen LogP contribution in [0.15, 0.2) is 54.7 Å². The van der Waals surface area contributed by atoms with Crippen LogP contribution in [0.1, 0.15) is 57.4 Å². The SMILES string of the molecule is O=C(CCCCCNC(=O)OCC1c2ccccc2-c2ccccc21)NCc1ncc(C(=O)O)s1. The molecule has 1 aliphatic rings. The molecule has 9 heteroatoms. The molecule has 0 aliphatic heterocycles. The molecule has 182 valence electrons. The van der Waals surface area contributed by atoms with E-state index < -0.39 is 12.1 Å². The van der Waals surface area contributed by atoms with Gasteiger partial charge in [0.05, 0.1) is 12.7 Å². The first-order chi connectivity index (χ1) is 17.0. The van der Waals surface area contributed by atoms with Crippen LogP contribution in [0.3, 0.4) is 0 Å². The maximum absolute atomic E-state index is 12.2. The molecule has 0 bridgehead atoms. The van der Waals surface area contributed by atoms with Crippen molar-refractivity contribution in [1.82, 2.24) is 15.6 Å². The Morgan fingerprint density at radius 1 is 0.943 bits per heavy atom. The lowest BCUT2D eigenvalue weighted by molar-refractivity contribution is -0.121. The van der Waals surface area contributed by atoms with Crippen molar-refractivity contribution in [3.05, 3.63) is 75.7 Å². The zero-order valence-electron chi connectivity index (χ0n) is 19.2. The van der Waals surface area contributed by atoms with Crippen molar-refractivity contribution in [2.45, 2.75) is 38.1 Å². The molecule has 2 amide bonds. The van der Waals surface area contributed by atoms with Crippen LogP contribution in [0.4, 0.5) is 4.79 Å². The third-order valence-corrected chi connectivity index (χ3v) is 6.88. The number of amides is 2. The number of fused-ring (bicyclic) bond motifs is 3. The van der Waals surface area contributed by atoms with Gasteiger partial charge in [0.25, 0.3) is 0 Å². The average molecular weight is 494 g/mol. The van der Waals surface area contributed by atoms with Crippen molar-refractivity contribution in [2.75, 3.05) is 13.2 Å². The number of benzene rings is 2. The molecule has 0 unspecified atom stereocenters. The molecule has 8 nitrogen and oxygen atoms in total. The van der Waals surface area contributed by atoms with Crippen LogP contribution in [0, 0.1) is 0 Å². The number of aromatic carboxylic acids is 1. The monoisotopic (exact) mass is 493 g/mol. The van der Waals surface area contributed by atoms with Crippen LogP contribution in [-0.4, -0.2) is 41.2 Å². The van der Waals surface area contributed by atoms with Gasteiger partial charge >= 0.3 is 12.1 Å². The van der Waals surface area contributed by atoms with E-state index in [1.807, 2.05) is 24.3 Å². The molecular weight excluding hydrogens is 466 g/mol. The highest BCUT2D eigenvalue weighted by molar-refractivity contribution is 7.13. The van der Waals surface area contributed by atoms with Gasteiger partial charge in [0.1, 0.15) is 16.5 Å². The summed E-state index contributed by atoms with van der Waals surface area (Å²) >= 11 is 1.05. The maximum Gasteiger partial charge on any atom is 0.407 e. The summed E-state index contributed by atoms with van der Waals surface area (Å²) in [6.07, 6.45) is 3.44. The van der Waals surface area contributed by atoms with Crippen molar-refractivity contribution in [3.8, 4) is 11.1 Å². The molecule has 0 radical (unpaired) electrons. The number of hydrogen-bond donors (Lipinski definition) is 3. The van der Waals surface area contributed by atoms with E-state index in [4.69, 9.17) is 9.84 Å². The smallest absolute Gasteiger partial charge is 0.407 e. The Bertz CT molecular complexity index is 1160. The number of unbranched alkanes of at least 4 members (excludes halogenated alkanes) is 2. The molecule has 1 aliphatic carbocycles. The molecule has 3 aromatic rings. The van der Waals surface area contributed by atoms with Crippen LogP contribution in [0.5, 0.6) is 0 Å². The van der Waals surface area contributed by atoms with Crippen molar-refractivity contribution < 1.29 is 24.2 Å². The van der Waals surface area contributed by atoms with Gasteiger partial charge in [-0.05, 0) is 35.1 Å². The van der Waals surface area contributed by atoms with Gasteiger partial charge in [-0.3, -0.25) is 4.79 Å². The molecule has 35 heavy (non-hydrogen) atoms. The molecule has 2 aromatic carbocycles. The number of carbonyl (C=O) groups is 3. The number of rotatable bonds is 11. The second-order valence-corrected chi connectivity index (χ2v) is 9.38. The molecule has 0 spiro atoms. The van der Waals surface area contributed by atoms with Gasteiger partial charge in [0.15, 0.2) is 0 Å². The quantitative estimate of drug-likeness (QED) is 0.337. The van der Waals surface area contributed by atoms with E-state index in [0.29, 0.717) is 24.4 Å². The van der Waals surface area contributed by atoms with Gasteiger partial charge in [0, 0.05) is 18.9 Å². The molecule has 0 atom stereocenters. The minimum Gasteiger partial charge on any atom is -0.477 e. The van der Waals surface area contributed by atoms with Gasteiger partial charge < -0.3 is 20.5 Å². The summed E-state index contributed by atoms with van der Waals surface area (Å²) < 4.78 is 5.52. The number of aromatic nitrogens is 1. The minimum absolute atomic E-state index is 0.0340. The summed E-state index contributed by atoms with van der Waals surface area (Å²) in [6, 6.07) is 16.4. The van der Waals surface area contributed by atoms with E-state index >= 15 is 0 Å². The summed E-state index contributed by atoms with van der Waals surface area (Å²) in [5.74, 6) is -1.10. The van der Waals surface area contributed by atoms with Crippen molar-refractivity contribution in [2.24, 2.45) is 0 Å². The Hall–Kier alpha value is -3.72. The minimum atomic E-state index is -1.02. The number of carbonyl (C=O) groups excluding carboxylic acids is 2. The third-order valence-electron chi connectivity index (χ3n) is 5.89. The highest BCUT2D eigenvalue weighted by Crippen LogP contribution is 2.44. The Labute approximate surface area is 207 Å². The summed E-state index contributed by atoms with van der Waals surface area (Å²) in [5, 5.41) is 15.0. The van der Waals surface area contributed by atoms with Gasteiger partial charge in [-0.15, -0.1) is 11.3 Å². The first-order valence-electron chi connectivity index (χ1n) is 11.6. The molecular formula is C26H27N3O5S. The summed E-state index contributed by atoms with van der Waals surface area (Å²) in [7, 11) is 0. The van der Waals surface area contributed by atoms with E-state index in [1.54, 1.807) is 0 Å². The van der Waals surface area contributed by atoms with Crippen molar-refractivity contribution >= 4 is 29.3 Å². The van der Waals surface area contributed by atoms with Crippen molar-refractivity contribution in [1.29, 1.82) is 0 Å². The highest BCUT2D eigenvalue weighted by Gasteiger charge is 2.28. The van der Waals surface area contributed by atoms with Gasteiger partial charge in [0.2, 0.25) is 5.91 Å². The first kappa shape index (κ1) is 24.4. The van der Waals surface area contributed by atoms with E-state index in [2.05, 4.69) is 39.9 Å². The topological polar surface area (TPSA) is 118 Å². The fourth-order valence-electron chi connectivity index (χ4n) is 4.18. The molecule has 1 aromatic heterocycles. The number of nitrogens with one attached hydrogen (secondary N) is 2. The number of carboxylic acids is 1. The zero-order chi connectivity index (χ0) is 24.6. The highest BCUT2D eigenvalue weighted by atomic mass is 32.1. The zero-order valence-corrected chi connectivity index (χ0v) is 20.0. The van der Waals surface area contributed by atoms with E-state index in [9.17, 15) is 14.4 Å². The number of alkyl carbamates (subject to hydrolysis) is 1. The summed E-state index contributed by atoms with van der Waals surface area (Å²) in [4.78, 5) is 39.1. The van der Waals surface area contributed by atoms with Crippen LogP contribution < -0.4 is 10.6 Å². The van der Waals surface area contributed by atoms with E-state index in [-0.39, 0.29) is 29.9 Å². The van der Waals surface area contributed by atoms with Crippen LogP contribution >= 0.6 is 11.3 Å². The Balaban J connectivity index is 1.10. The van der Waals surface area contributed by atoms with Gasteiger partial charge in [-0.25, -0.2) is 14.6 Å². The number of carboxylic acid groups (broad SMARTS) is 1. The molecule has 4 rings (SSSR count). The van der Waals surface area contributed by atoms with Crippen LogP contribution in [0.25, 0.3) is 11.1 Å². The van der Waals surface area contributed by atoms with Crippen LogP contribution in [0.2, 0.25) is 0 Å². The van der Waals surface area contributed by atoms with E-state index in [1.165, 1.54) is 28.5 Å². The normalized spacial score (nSPS) is 12.0. The summed E-state index contributed by atoms with van der Waals surface area (Å²) in [5.41, 5.74) is 4.74. The number of hydrogen-bond acceptors (Lipinski definition) is 6. The molecule has 0 fully saturated rings. The van der Waals surface area contributed by atoms with E-state index in [0.717, 1.165) is 24.2 Å². The van der Waals surface area contributed by atoms with Gasteiger partial charge in [-0.1, -0.05) is 55.0 Å². The summed E-state index contributed by atoms with van der Waals surface area (Å²) in [6.45, 7) is 0.989. The standard InChI is InChI=1S/C26H27N3O5S/c30-23(28-15-24-29-14-22(35-24)25(31)32)12-2-1-7-13-27-26(33)34-16-21-19-10-5-3-8-17(19)18-9-4-6-11-20(18)21/h3-6,8-11,14,21H,1-2,7,12-13,15-16H2,(H,27,33)(H,28,30)(H,31,32). The lowest BCUT2D eigenvalue weighted by atomic mass is 9.98. The Kier molecular flexibility index (Phi) is 8.10. The average Bonchev–Trinajstić information content (AvgIpc) is 3.47. The Morgan fingerprint density at radius 2 is 1.63 bits per heavy atom. The fraction of sp³-hybridized carbons (Fsp3) is 0.308. The third kappa shape index (κ3) is 6.24. The molecule has 0 saturated carbocycles. The van der Waals surface area contributed by atoms with Crippen LogP contribution in [-0.2, 0) is 16.1 Å². The molecule has 3 N–H and O–H groups in total. The first-order valence-corrected chi connectivity index (χ1v) is 12.4. The van der Waals surface area contributed by atoms with Crippen molar-refractivity contribution in [3.63, 3.8) is 0 Å². The number of thiazole rings is 1. The predicted octanol–water partition coefficient (Wildman–Crippen LogP) is 4.56. The molecule has 1 heterocycles. The van der Waals surface area contributed by atoms with Gasteiger partial charge in [-0.2, -0.15) is 0 Å². The lowest BCUT2D eigenvalue weighted by Gasteiger charge is -2.14. The lowest BCUT2D eigenvalue weighted by Crippen LogP contribution is -2.27. The molecule has 0 saturated heterocycles. The predicted molar refractivity (Wildman–Crippen MR) is 132 cm³/mol. The fourth-order valence-corrected chi connectivity index (χ4v) is 4.88. The largest absolute Gasteiger partial charge is 0.477 e. The number of nitrogens with zero attached hydrogens (tertiary/aromatic N) is 1. The second kappa shape index (κ2) is 11.6.